The van der Waals surface area contributed by atoms with Crippen molar-refractivity contribution < 1.29 is 14.3 Å². The van der Waals surface area contributed by atoms with Gasteiger partial charge in [0, 0.05) is 21.5 Å². The van der Waals surface area contributed by atoms with E-state index in [1.165, 1.54) is 23.1 Å². The third kappa shape index (κ3) is 4.76. The number of carbonyl (C=O) groups excluding carboxylic acids is 2. The van der Waals surface area contributed by atoms with Crippen LogP contribution in [0.3, 0.4) is 0 Å². The third-order valence-corrected chi connectivity index (χ3v) is 6.49. The van der Waals surface area contributed by atoms with E-state index in [-0.39, 0.29) is 18.3 Å². The molecule has 1 amide bonds. The number of esters is 1. The van der Waals surface area contributed by atoms with Crippen molar-refractivity contribution in [2.24, 2.45) is 0 Å². The molecule has 0 atom stereocenters. The van der Waals surface area contributed by atoms with Crippen LogP contribution >= 0.6 is 34.7 Å². The standard InChI is InChI=1S/C22H18ClN3O3S2/c1-2-29-21(28)19-14(13-7-3-4-8-15(13)23)11-30-20(19)26-18(27)12-31-22-24-16-9-5-6-10-17(16)25-22/h3-11H,2,12H2,1H3,(H,24,25)(H,26,27). The summed E-state index contributed by atoms with van der Waals surface area (Å²) in [6, 6.07) is 14.9. The predicted octanol–water partition coefficient (Wildman–Crippen LogP) is 5.85. The number of aromatic nitrogens is 2. The Morgan fingerprint density at radius 2 is 1.94 bits per heavy atom. The van der Waals surface area contributed by atoms with Crippen LogP contribution in [0.2, 0.25) is 5.02 Å². The molecule has 0 saturated carbocycles. The molecule has 0 fully saturated rings. The molecule has 0 aliphatic heterocycles. The molecule has 0 radical (unpaired) electrons. The molecule has 0 aliphatic rings. The smallest absolute Gasteiger partial charge is 0.341 e. The normalized spacial score (nSPS) is 10.9. The minimum Gasteiger partial charge on any atom is -0.462 e. The van der Waals surface area contributed by atoms with Gasteiger partial charge in [-0.2, -0.15) is 0 Å². The summed E-state index contributed by atoms with van der Waals surface area (Å²) in [5, 5.41) is 6.25. The number of nitrogens with zero attached hydrogens (tertiary/aromatic N) is 1. The average molecular weight is 472 g/mol. The maximum atomic E-state index is 12.7. The van der Waals surface area contributed by atoms with E-state index >= 15 is 0 Å². The Bertz CT molecular complexity index is 1220. The first-order valence-corrected chi connectivity index (χ1v) is 11.7. The third-order valence-electron chi connectivity index (χ3n) is 4.40. The number of carbonyl (C=O) groups is 2. The van der Waals surface area contributed by atoms with Crippen LogP contribution in [0.1, 0.15) is 17.3 Å². The van der Waals surface area contributed by atoms with Gasteiger partial charge in [-0.25, -0.2) is 9.78 Å². The largest absolute Gasteiger partial charge is 0.462 e. The number of imidazole rings is 1. The van der Waals surface area contributed by atoms with E-state index in [9.17, 15) is 9.59 Å². The number of H-pyrrole nitrogens is 1. The second-order valence-electron chi connectivity index (χ2n) is 6.45. The highest BCUT2D eigenvalue weighted by Crippen LogP contribution is 2.39. The zero-order valence-corrected chi connectivity index (χ0v) is 18.9. The van der Waals surface area contributed by atoms with E-state index < -0.39 is 5.97 Å². The fourth-order valence-electron chi connectivity index (χ4n) is 3.03. The van der Waals surface area contributed by atoms with Gasteiger partial charge in [0.2, 0.25) is 5.91 Å². The minimum atomic E-state index is -0.501. The number of aromatic amines is 1. The highest BCUT2D eigenvalue weighted by molar-refractivity contribution is 7.99. The zero-order chi connectivity index (χ0) is 21.8. The summed E-state index contributed by atoms with van der Waals surface area (Å²) < 4.78 is 5.23. The van der Waals surface area contributed by atoms with Gasteiger partial charge < -0.3 is 15.0 Å². The van der Waals surface area contributed by atoms with E-state index in [2.05, 4.69) is 15.3 Å². The van der Waals surface area contributed by atoms with Crippen molar-refractivity contribution in [3.05, 3.63) is 64.5 Å². The molecule has 2 heterocycles. The molecule has 0 saturated heterocycles. The summed E-state index contributed by atoms with van der Waals surface area (Å²) >= 11 is 8.89. The number of halogens is 1. The average Bonchev–Trinajstić information content (AvgIpc) is 3.36. The molecule has 31 heavy (non-hydrogen) atoms. The maximum Gasteiger partial charge on any atom is 0.341 e. The quantitative estimate of drug-likeness (QED) is 0.261. The topological polar surface area (TPSA) is 84.1 Å². The van der Waals surface area contributed by atoms with Crippen molar-refractivity contribution in [2.45, 2.75) is 12.1 Å². The zero-order valence-electron chi connectivity index (χ0n) is 16.5. The number of amides is 1. The van der Waals surface area contributed by atoms with Crippen molar-refractivity contribution in [3.8, 4) is 11.1 Å². The lowest BCUT2D eigenvalue weighted by atomic mass is 10.0. The van der Waals surface area contributed by atoms with Crippen molar-refractivity contribution in [1.29, 1.82) is 0 Å². The molecule has 6 nitrogen and oxygen atoms in total. The Labute approximate surface area is 192 Å². The summed E-state index contributed by atoms with van der Waals surface area (Å²) in [4.78, 5) is 32.9. The number of fused-ring (bicyclic) bond motifs is 1. The van der Waals surface area contributed by atoms with E-state index in [0.29, 0.717) is 31.9 Å². The fourth-order valence-corrected chi connectivity index (χ4v) is 4.92. The SMILES string of the molecule is CCOC(=O)c1c(-c2ccccc2Cl)csc1NC(=O)CSc1nc2ccccc2[nH]1. The lowest BCUT2D eigenvalue weighted by Gasteiger charge is -2.09. The molecule has 0 spiro atoms. The number of benzene rings is 2. The molecule has 158 valence electrons. The van der Waals surface area contributed by atoms with Gasteiger partial charge in [-0.1, -0.05) is 53.7 Å². The van der Waals surface area contributed by atoms with Crippen LogP contribution in [0.4, 0.5) is 5.00 Å². The Hall–Kier alpha value is -2.81. The molecule has 9 heteroatoms. The van der Waals surface area contributed by atoms with Gasteiger partial charge in [-0.05, 0) is 25.1 Å². The van der Waals surface area contributed by atoms with Crippen molar-refractivity contribution in [3.63, 3.8) is 0 Å². The van der Waals surface area contributed by atoms with Crippen LogP contribution in [-0.4, -0.2) is 34.2 Å². The number of ether oxygens (including phenoxy) is 1. The summed E-state index contributed by atoms with van der Waals surface area (Å²) in [5.41, 5.74) is 3.41. The van der Waals surface area contributed by atoms with Crippen LogP contribution in [0.25, 0.3) is 22.2 Å². The van der Waals surface area contributed by atoms with Crippen molar-refractivity contribution in [2.75, 3.05) is 17.7 Å². The van der Waals surface area contributed by atoms with Gasteiger partial charge in [0.15, 0.2) is 5.16 Å². The van der Waals surface area contributed by atoms with Gasteiger partial charge in [-0.3, -0.25) is 4.79 Å². The molecule has 4 aromatic rings. The molecular weight excluding hydrogens is 454 g/mol. The first-order chi connectivity index (χ1) is 15.1. The summed E-state index contributed by atoms with van der Waals surface area (Å²) in [6.07, 6.45) is 0. The first kappa shape index (κ1) is 21.4. The lowest BCUT2D eigenvalue weighted by Crippen LogP contribution is -2.16. The molecule has 4 rings (SSSR count). The fraction of sp³-hybridized carbons (Fsp3) is 0.136. The second-order valence-corrected chi connectivity index (χ2v) is 8.70. The van der Waals surface area contributed by atoms with Crippen LogP contribution in [0, 0.1) is 0 Å². The number of nitrogens with one attached hydrogen (secondary N) is 2. The number of hydrogen-bond acceptors (Lipinski definition) is 6. The number of para-hydroxylation sites is 2. The Morgan fingerprint density at radius 3 is 2.71 bits per heavy atom. The Kier molecular flexibility index (Phi) is 6.60. The van der Waals surface area contributed by atoms with Gasteiger partial charge in [-0.15, -0.1) is 11.3 Å². The highest BCUT2D eigenvalue weighted by Gasteiger charge is 2.24. The Morgan fingerprint density at radius 1 is 1.16 bits per heavy atom. The van der Waals surface area contributed by atoms with Crippen LogP contribution in [0.15, 0.2) is 59.1 Å². The van der Waals surface area contributed by atoms with Gasteiger partial charge in [0.1, 0.15) is 10.6 Å². The van der Waals surface area contributed by atoms with Crippen LogP contribution in [0.5, 0.6) is 0 Å². The van der Waals surface area contributed by atoms with E-state index in [1.54, 1.807) is 18.4 Å². The van der Waals surface area contributed by atoms with E-state index in [4.69, 9.17) is 16.3 Å². The van der Waals surface area contributed by atoms with Crippen molar-refractivity contribution >= 4 is 62.6 Å². The molecule has 0 unspecified atom stereocenters. The number of thioether (sulfide) groups is 1. The number of thiophene rings is 1. The Balaban J connectivity index is 1.53. The molecule has 0 aliphatic carbocycles. The summed E-state index contributed by atoms with van der Waals surface area (Å²) in [6.45, 7) is 1.97. The maximum absolute atomic E-state index is 12.7. The van der Waals surface area contributed by atoms with Gasteiger partial charge in [0.05, 0.1) is 23.4 Å². The molecule has 2 N–H and O–H groups in total. The van der Waals surface area contributed by atoms with Crippen molar-refractivity contribution in [1.82, 2.24) is 9.97 Å². The molecule has 0 bridgehead atoms. The summed E-state index contributed by atoms with van der Waals surface area (Å²) in [5.74, 6) is -0.607. The first-order valence-electron chi connectivity index (χ1n) is 9.47. The predicted molar refractivity (Wildman–Crippen MR) is 126 cm³/mol. The molecular formula is C22H18ClN3O3S2. The highest BCUT2D eigenvalue weighted by atomic mass is 35.5. The second kappa shape index (κ2) is 9.55. The molecule has 2 aromatic heterocycles. The van der Waals surface area contributed by atoms with Gasteiger partial charge >= 0.3 is 5.97 Å². The van der Waals surface area contributed by atoms with Gasteiger partial charge in [0.25, 0.3) is 0 Å². The van der Waals surface area contributed by atoms with Crippen LogP contribution in [-0.2, 0) is 9.53 Å². The number of anilines is 1. The molecule has 2 aromatic carbocycles. The van der Waals surface area contributed by atoms with E-state index in [0.717, 1.165) is 11.0 Å². The minimum absolute atomic E-state index is 0.140. The number of rotatable bonds is 7. The summed E-state index contributed by atoms with van der Waals surface area (Å²) in [7, 11) is 0. The number of hydrogen-bond donors (Lipinski definition) is 2. The lowest BCUT2D eigenvalue weighted by molar-refractivity contribution is -0.113. The van der Waals surface area contributed by atoms with E-state index in [1.807, 2.05) is 42.5 Å². The monoisotopic (exact) mass is 471 g/mol. The van der Waals surface area contributed by atoms with Crippen LogP contribution < -0.4 is 5.32 Å².